The Labute approximate surface area is 155 Å². The van der Waals surface area contributed by atoms with Gasteiger partial charge in [-0.3, -0.25) is 9.59 Å². The van der Waals surface area contributed by atoms with Crippen molar-refractivity contribution in [1.82, 2.24) is 0 Å². The summed E-state index contributed by atoms with van der Waals surface area (Å²) in [5.41, 5.74) is 1.13. The number of amides is 1. The predicted octanol–water partition coefficient (Wildman–Crippen LogP) is 4.64. The van der Waals surface area contributed by atoms with Gasteiger partial charge in [0.15, 0.2) is 5.78 Å². The van der Waals surface area contributed by atoms with Crippen molar-refractivity contribution >= 4 is 40.3 Å². The molecule has 0 saturated carbocycles. The summed E-state index contributed by atoms with van der Waals surface area (Å²) in [4.78, 5) is 26.5. The molecule has 25 heavy (non-hydrogen) atoms. The van der Waals surface area contributed by atoms with Gasteiger partial charge in [0, 0.05) is 34.2 Å². The Morgan fingerprint density at radius 2 is 1.76 bits per heavy atom. The number of nitrogens with one attached hydrogen (secondary N) is 1. The van der Waals surface area contributed by atoms with E-state index < -0.39 is 0 Å². The van der Waals surface area contributed by atoms with Crippen molar-refractivity contribution in [2.75, 3.05) is 19.5 Å². The van der Waals surface area contributed by atoms with Crippen LogP contribution in [0.3, 0.4) is 0 Å². The van der Waals surface area contributed by atoms with E-state index in [9.17, 15) is 9.59 Å². The Balaban J connectivity index is 2.02. The largest absolute Gasteiger partial charge is 0.495 e. The second kappa shape index (κ2) is 8.36. The number of anilines is 1. The number of hydrogen-bond acceptors (Lipinski definition) is 5. The molecule has 1 aromatic heterocycles. The van der Waals surface area contributed by atoms with Crippen LogP contribution in [0.1, 0.15) is 33.0 Å². The van der Waals surface area contributed by atoms with Crippen LogP contribution < -0.4 is 14.8 Å². The van der Waals surface area contributed by atoms with Gasteiger partial charge in [0.2, 0.25) is 5.91 Å². The number of ketones is 1. The molecule has 0 atom stereocenters. The molecule has 134 valence electrons. The molecule has 1 amide bonds. The van der Waals surface area contributed by atoms with Crippen LogP contribution in [0.2, 0.25) is 5.02 Å². The number of Topliss-reactive ketones (excluding diaryl/α,β-unsaturated/α-hetero) is 1. The van der Waals surface area contributed by atoms with Crippen molar-refractivity contribution in [2.24, 2.45) is 0 Å². The van der Waals surface area contributed by atoms with Crippen molar-refractivity contribution in [3.63, 3.8) is 0 Å². The summed E-state index contributed by atoms with van der Waals surface area (Å²) in [7, 11) is 2.99. The third kappa shape index (κ3) is 4.74. The lowest BCUT2D eigenvalue weighted by molar-refractivity contribution is -0.116. The Kier molecular flexibility index (Phi) is 6.45. The summed E-state index contributed by atoms with van der Waals surface area (Å²) in [5, 5.41) is 3.09. The van der Waals surface area contributed by atoms with E-state index in [2.05, 4.69) is 5.32 Å². The summed E-state index contributed by atoms with van der Waals surface area (Å²) in [6.07, 6.45) is 0.231. The average molecular weight is 382 g/mol. The van der Waals surface area contributed by atoms with Crippen molar-refractivity contribution in [3.8, 4) is 11.5 Å². The molecular weight excluding hydrogens is 362 g/mol. The van der Waals surface area contributed by atoms with E-state index in [1.807, 2.05) is 19.9 Å². The number of ether oxygens (including phenoxy) is 2. The van der Waals surface area contributed by atoms with Gasteiger partial charge in [-0.2, -0.15) is 0 Å². The van der Waals surface area contributed by atoms with Gasteiger partial charge in [-0.1, -0.05) is 11.6 Å². The molecule has 1 aromatic carbocycles. The van der Waals surface area contributed by atoms with Crippen LogP contribution in [0.15, 0.2) is 18.2 Å². The smallest absolute Gasteiger partial charge is 0.224 e. The van der Waals surface area contributed by atoms with E-state index in [0.29, 0.717) is 27.8 Å². The normalized spacial score (nSPS) is 10.4. The molecule has 2 aromatic rings. The van der Waals surface area contributed by atoms with E-state index >= 15 is 0 Å². The first-order chi connectivity index (χ1) is 11.8. The zero-order chi connectivity index (χ0) is 18.6. The second-order valence-corrected chi connectivity index (χ2v) is 7.35. The minimum Gasteiger partial charge on any atom is -0.495 e. The highest BCUT2D eigenvalue weighted by Gasteiger charge is 2.16. The fourth-order valence-electron chi connectivity index (χ4n) is 2.44. The molecule has 0 spiro atoms. The molecular formula is C18H20ClNO4S. The minimum absolute atomic E-state index is 0.0308. The molecule has 0 saturated heterocycles. The van der Waals surface area contributed by atoms with Crippen LogP contribution in [0.25, 0.3) is 0 Å². The standard InChI is InChI=1S/C18H20ClNO4S/c1-10-7-12(11(2)25-10)15(21)5-6-18(22)20-14-8-13(19)16(23-3)9-17(14)24-4/h7-9H,5-6H2,1-4H3,(H,20,22). The molecule has 1 heterocycles. The molecule has 0 unspecified atom stereocenters. The first kappa shape index (κ1) is 19.3. The summed E-state index contributed by atoms with van der Waals surface area (Å²) in [6.45, 7) is 3.87. The number of thiophene rings is 1. The Hall–Kier alpha value is -2.05. The number of methoxy groups -OCH3 is 2. The molecule has 0 aliphatic carbocycles. The van der Waals surface area contributed by atoms with E-state index in [1.165, 1.54) is 14.2 Å². The third-order valence-electron chi connectivity index (χ3n) is 3.67. The van der Waals surface area contributed by atoms with E-state index in [-0.39, 0.29) is 24.5 Å². The van der Waals surface area contributed by atoms with Gasteiger partial charge in [0.05, 0.1) is 24.9 Å². The van der Waals surface area contributed by atoms with Crippen molar-refractivity contribution in [1.29, 1.82) is 0 Å². The van der Waals surface area contributed by atoms with Gasteiger partial charge < -0.3 is 14.8 Å². The van der Waals surface area contributed by atoms with Crippen molar-refractivity contribution in [3.05, 3.63) is 38.5 Å². The molecule has 7 heteroatoms. The summed E-state index contributed by atoms with van der Waals surface area (Å²) in [6, 6.07) is 5.03. The number of aryl methyl sites for hydroxylation is 2. The SMILES string of the molecule is COc1cc(OC)c(NC(=O)CCC(=O)c2cc(C)sc2C)cc1Cl. The van der Waals surface area contributed by atoms with Gasteiger partial charge in [-0.05, 0) is 26.0 Å². The highest BCUT2D eigenvalue weighted by atomic mass is 35.5. The minimum atomic E-state index is -0.280. The first-order valence-electron chi connectivity index (χ1n) is 7.67. The van der Waals surface area contributed by atoms with E-state index in [1.54, 1.807) is 23.5 Å². The molecule has 5 nitrogen and oxygen atoms in total. The van der Waals surface area contributed by atoms with E-state index in [0.717, 1.165) is 9.75 Å². The molecule has 0 radical (unpaired) electrons. The summed E-state index contributed by atoms with van der Waals surface area (Å²) >= 11 is 7.66. The molecule has 0 fully saturated rings. The Morgan fingerprint density at radius 1 is 1.08 bits per heavy atom. The van der Waals surface area contributed by atoms with Gasteiger partial charge in [0.1, 0.15) is 11.5 Å². The van der Waals surface area contributed by atoms with Crippen LogP contribution in [-0.2, 0) is 4.79 Å². The molecule has 0 aliphatic heterocycles. The molecule has 0 aliphatic rings. The molecule has 1 N–H and O–H groups in total. The molecule has 0 bridgehead atoms. The van der Waals surface area contributed by atoms with Crippen LogP contribution in [0.4, 0.5) is 5.69 Å². The summed E-state index contributed by atoms with van der Waals surface area (Å²) < 4.78 is 10.4. The first-order valence-corrected chi connectivity index (χ1v) is 8.86. The van der Waals surface area contributed by atoms with Gasteiger partial charge in [-0.25, -0.2) is 0 Å². The Morgan fingerprint density at radius 3 is 2.32 bits per heavy atom. The summed E-state index contributed by atoms with van der Waals surface area (Å²) in [5.74, 6) is 0.578. The maximum atomic E-state index is 12.3. The topological polar surface area (TPSA) is 64.6 Å². The second-order valence-electron chi connectivity index (χ2n) is 5.49. The zero-order valence-electron chi connectivity index (χ0n) is 14.6. The quantitative estimate of drug-likeness (QED) is 0.710. The fourth-order valence-corrected chi connectivity index (χ4v) is 3.62. The highest BCUT2D eigenvalue weighted by molar-refractivity contribution is 7.12. The van der Waals surface area contributed by atoms with Gasteiger partial charge in [-0.15, -0.1) is 11.3 Å². The lowest BCUT2D eigenvalue weighted by Crippen LogP contribution is -2.14. The third-order valence-corrected chi connectivity index (χ3v) is 4.93. The van der Waals surface area contributed by atoms with Crippen LogP contribution >= 0.6 is 22.9 Å². The zero-order valence-corrected chi connectivity index (χ0v) is 16.1. The number of halogens is 1. The number of carbonyl (C=O) groups excluding carboxylic acids is 2. The average Bonchev–Trinajstić information content (AvgIpc) is 2.91. The maximum Gasteiger partial charge on any atom is 0.224 e. The maximum absolute atomic E-state index is 12.3. The fraction of sp³-hybridized carbons (Fsp3) is 0.333. The van der Waals surface area contributed by atoms with E-state index in [4.69, 9.17) is 21.1 Å². The monoisotopic (exact) mass is 381 g/mol. The lowest BCUT2D eigenvalue weighted by Gasteiger charge is -2.13. The van der Waals surface area contributed by atoms with Crippen LogP contribution in [0, 0.1) is 13.8 Å². The lowest BCUT2D eigenvalue weighted by atomic mass is 10.1. The van der Waals surface area contributed by atoms with Gasteiger partial charge in [0.25, 0.3) is 0 Å². The predicted molar refractivity (Wildman–Crippen MR) is 101 cm³/mol. The van der Waals surface area contributed by atoms with Crippen molar-refractivity contribution < 1.29 is 19.1 Å². The van der Waals surface area contributed by atoms with Crippen LogP contribution in [0.5, 0.6) is 11.5 Å². The number of benzene rings is 1. The molecule has 2 rings (SSSR count). The van der Waals surface area contributed by atoms with Crippen molar-refractivity contribution in [2.45, 2.75) is 26.7 Å². The number of rotatable bonds is 7. The van der Waals surface area contributed by atoms with Gasteiger partial charge >= 0.3 is 0 Å². The highest BCUT2D eigenvalue weighted by Crippen LogP contribution is 2.36. The Bertz CT molecular complexity index is 801. The number of carbonyl (C=O) groups is 2. The van der Waals surface area contributed by atoms with Crippen LogP contribution in [-0.4, -0.2) is 25.9 Å². The number of hydrogen-bond donors (Lipinski definition) is 1.